The van der Waals surface area contributed by atoms with Gasteiger partial charge in [0.15, 0.2) is 0 Å². The molecule has 1 aliphatic heterocycles. The number of aliphatic hydroxyl groups excluding tert-OH is 1. The van der Waals surface area contributed by atoms with E-state index in [-0.39, 0.29) is 18.5 Å². The number of hydrogen-bond donors (Lipinski definition) is 1. The highest BCUT2D eigenvalue weighted by Crippen LogP contribution is 2.16. The highest BCUT2D eigenvalue weighted by Gasteiger charge is 2.12. The van der Waals surface area contributed by atoms with Crippen LogP contribution < -0.4 is 0 Å². The first kappa shape index (κ1) is 13.5. The Labute approximate surface area is 96.2 Å². The molecular weight excluding hydrogens is 232 g/mol. The summed E-state index contributed by atoms with van der Waals surface area (Å²) in [6, 6.07) is 0. The van der Waals surface area contributed by atoms with Crippen molar-refractivity contribution in [2.45, 2.75) is 31.8 Å². The lowest BCUT2D eigenvalue weighted by molar-refractivity contribution is 0.0179. The second-order valence-electron chi connectivity index (χ2n) is 3.89. The molecule has 1 fully saturated rings. The molecule has 0 radical (unpaired) electrons. The minimum absolute atomic E-state index is 0.0698. The van der Waals surface area contributed by atoms with Gasteiger partial charge in [-0.15, -0.1) is 0 Å². The van der Waals surface area contributed by atoms with Gasteiger partial charge in [0.05, 0.1) is 12.4 Å². The second-order valence-corrected chi connectivity index (χ2v) is 5.53. The molecule has 1 heterocycles. The summed E-state index contributed by atoms with van der Waals surface area (Å²) in [6.07, 6.45) is 6.44. The Bertz CT molecular complexity index is 327. The van der Waals surface area contributed by atoms with Gasteiger partial charge in [0.1, 0.15) is 12.4 Å². The summed E-state index contributed by atoms with van der Waals surface area (Å²) in [5.74, 6) is -0.0698. The van der Waals surface area contributed by atoms with E-state index in [0.29, 0.717) is 6.42 Å². The zero-order valence-electron chi connectivity index (χ0n) is 9.39. The van der Waals surface area contributed by atoms with Gasteiger partial charge in [-0.3, -0.25) is 4.18 Å². The standard InChI is InChI=1S/C10H18O5S/c1-16(12,13)15-8-9(11)5-6-10-4-2-3-7-14-10/h5,10-11H,2-4,6-8H2,1H3/b9-5-. The van der Waals surface area contributed by atoms with Gasteiger partial charge < -0.3 is 9.84 Å². The molecule has 0 aromatic rings. The van der Waals surface area contributed by atoms with Gasteiger partial charge in [-0.1, -0.05) is 0 Å². The van der Waals surface area contributed by atoms with Crippen LogP contribution in [0.25, 0.3) is 0 Å². The van der Waals surface area contributed by atoms with Crippen LogP contribution in [0, 0.1) is 0 Å². The number of rotatable bonds is 5. The van der Waals surface area contributed by atoms with Crippen LogP contribution in [0.4, 0.5) is 0 Å². The topological polar surface area (TPSA) is 72.8 Å². The minimum Gasteiger partial charge on any atom is -0.510 e. The molecule has 16 heavy (non-hydrogen) atoms. The van der Waals surface area contributed by atoms with Crippen molar-refractivity contribution in [1.29, 1.82) is 0 Å². The molecule has 0 aliphatic carbocycles. The average Bonchev–Trinajstić information content (AvgIpc) is 2.24. The summed E-state index contributed by atoms with van der Waals surface area (Å²) in [4.78, 5) is 0. The Morgan fingerprint density at radius 2 is 2.31 bits per heavy atom. The van der Waals surface area contributed by atoms with Gasteiger partial charge in [0, 0.05) is 6.61 Å². The summed E-state index contributed by atoms with van der Waals surface area (Å²) in [5.41, 5.74) is 0. The van der Waals surface area contributed by atoms with E-state index in [9.17, 15) is 13.5 Å². The van der Waals surface area contributed by atoms with E-state index in [4.69, 9.17) is 4.74 Å². The van der Waals surface area contributed by atoms with Gasteiger partial charge in [0.2, 0.25) is 0 Å². The van der Waals surface area contributed by atoms with E-state index in [1.54, 1.807) is 6.08 Å². The summed E-state index contributed by atoms with van der Waals surface area (Å²) in [5, 5.41) is 9.36. The lowest BCUT2D eigenvalue weighted by atomic mass is 10.1. The molecule has 1 aliphatic rings. The molecule has 6 heteroatoms. The van der Waals surface area contributed by atoms with Gasteiger partial charge in [-0.25, -0.2) is 0 Å². The Hall–Kier alpha value is -0.590. The van der Waals surface area contributed by atoms with Gasteiger partial charge in [0.25, 0.3) is 10.1 Å². The average molecular weight is 250 g/mol. The first-order valence-electron chi connectivity index (χ1n) is 5.31. The van der Waals surface area contributed by atoms with Crippen LogP contribution in [0.5, 0.6) is 0 Å². The van der Waals surface area contributed by atoms with E-state index in [1.807, 2.05) is 0 Å². The molecule has 0 aromatic heterocycles. The fourth-order valence-corrected chi connectivity index (χ4v) is 1.82. The highest BCUT2D eigenvalue weighted by molar-refractivity contribution is 7.85. The summed E-state index contributed by atoms with van der Waals surface area (Å²) in [6.45, 7) is 0.463. The molecule has 94 valence electrons. The van der Waals surface area contributed by atoms with E-state index < -0.39 is 10.1 Å². The summed E-state index contributed by atoms with van der Waals surface area (Å²) >= 11 is 0. The lowest BCUT2D eigenvalue weighted by Crippen LogP contribution is -2.18. The van der Waals surface area contributed by atoms with Crippen molar-refractivity contribution in [2.24, 2.45) is 0 Å². The minimum atomic E-state index is -3.49. The van der Waals surface area contributed by atoms with Crippen LogP contribution in [-0.4, -0.2) is 39.1 Å². The van der Waals surface area contributed by atoms with Crippen molar-refractivity contribution >= 4 is 10.1 Å². The summed E-state index contributed by atoms with van der Waals surface area (Å²) in [7, 11) is -3.49. The van der Waals surface area contributed by atoms with Gasteiger partial charge in [-0.2, -0.15) is 8.42 Å². The molecule has 0 bridgehead atoms. The van der Waals surface area contributed by atoms with Crippen molar-refractivity contribution in [1.82, 2.24) is 0 Å². The van der Waals surface area contributed by atoms with Gasteiger partial charge >= 0.3 is 0 Å². The van der Waals surface area contributed by atoms with Crippen LogP contribution in [0.3, 0.4) is 0 Å². The normalized spacial score (nSPS) is 23.3. The predicted octanol–water partition coefficient (Wildman–Crippen LogP) is 1.36. The Morgan fingerprint density at radius 3 is 2.88 bits per heavy atom. The molecule has 0 amide bonds. The number of hydrogen-bond acceptors (Lipinski definition) is 5. The molecule has 1 unspecified atom stereocenters. The molecule has 1 saturated heterocycles. The van der Waals surface area contributed by atoms with Crippen LogP contribution >= 0.6 is 0 Å². The van der Waals surface area contributed by atoms with E-state index in [0.717, 1.165) is 32.1 Å². The van der Waals surface area contributed by atoms with Crippen LogP contribution in [0.2, 0.25) is 0 Å². The largest absolute Gasteiger partial charge is 0.510 e. The third-order valence-corrected chi connectivity index (χ3v) is 2.86. The lowest BCUT2D eigenvalue weighted by Gasteiger charge is -2.21. The SMILES string of the molecule is CS(=O)(=O)OC/C(O)=C/CC1CCCCO1. The number of ether oxygens (including phenoxy) is 1. The molecular formula is C10H18O5S. The maximum atomic E-state index is 10.7. The van der Waals surface area contributed by atoms with E-state index >= 15 is 0 Å². The molecule has 5 nitrogen and oxygen atoms in total. The first-order valence-corrected chi connectivity index (χ1v) is 7.13. The molecule has 1 rings (SSSR count). The quantitative estimate of drug-likeness (QED) is 0.589. The van der Waals surface area contributed by atoms with Gasteiger partial charge in [-0.05, 0) is 31.8 Å². The summed E-state index contributed by atoms with van der Waals surface area (Å²) < 4.78 is 31.2. The van der Waals surface area contributed by atoms with Crippen LogP contribution in [-0.2, 0) is 19.0 Å². The predicted molar refractivity (Wildman–Crippen MR) is 59.7 cm³/mol. The third kappa shape index (κ3) is 6.09. The zero-order valence-corrected chi connectivity index (χ0v) is 10.2. The molecule has 0 aromatic carbocycles. The van der Waals surface area contributed by atoms with Crippen molar-refractivity contribution in [3.8, 4) is 0 Å². The molecule has 1 N–H and O–H groups in total. The first-order chi connectivity index (χ1) is 7.47. The smallest absolute Gasteiger partial charge is 0.264 e. The van der Waals surface area contributed by atoms with Crippen molar-refractivity contribution in [2.75, 3.05) is 19.5 Å². The molecule has 1 atom stereocenters. The van der Waals surface area contributed by atoms with Crippen LogP contribution in [0.15, 0.2) is 11.8 Å². The second kappa shape index (κ2) is 6.22. The van der Waals surface area contributed by atoms with Crippen LogP contribution in [0.1, 0.15) is 25.7 Å². The number of aliphatic hydroxyl groups is 1. The maximum absolute atomic E-state index is 10.7. The monoisotopic (exact) mass is 250 g/mol. The Morgan fingerprint density at radius 1 is 1.56 bits per heavy atom. The third-order valence-electron chi connectivity index (χ3n) is 2.31. The fourth-order valence-electron chi connectivity index (χ4n) is 1.49. The molecule has 0 spiro atoms. The van der Waals surface area contributed by atoms with E-state index in [1.165, 1.54) is 0 Å². The van der Waals surface area contributed by atoms with Crippen molar-refractivity contribution < 1.29 is 22.4 Å². The van der Waals surface area contributed by atoms with E-state index in [2.05, 4.69) is 4.18 Å². The highest BCUT2D eigenvalue weighted by atomic mass is 32.2. The fraction of sp³-hybridized carbons (Fsp3) is 0.800. The zero-order chi connectivity index (χ0) is 12.0. The maximum Gasteiger partial charge on any atom is 0.264 e. The molecule has 0 saturated carbocycles. The Balaban J connectivity index is 2.27. The van der Waals surface area contributed by atoms with Crippen molar-refractivity contribution in [3.05, 3.63) is 11.8 Å². The Kier molecular flexibility index (Phi) is 5.24. The van der Waals surface area contributed by atoms with Crippen molar-refractivity contribution in [3.63, 3.8) is 0 Å².